The lowest BCUT2D eigenvalue weighted by molar-refractivity contribution is -0.119. The molecule has 1 N–H and O–H groups in total. The first kappa shape index (κ1) is 24.4. The van der Waals surface area contributed by atoms with Crippen LogP contribution in [0, 0.1) is 0 Å². The van der Waals surface area contributed by atoms with Crippen molar-refractivity contribution in [1.29, 1.82) is 0 Å². The number of rotatable bonds is 11. The van der Waals surface area contributed by atoms with Crippen molar-refractivity contribution >= 4 is 40.9 Å². The van der Waals surface area contributed by atoms with E-state index in [1.807, 2.05) is 48.7 Å². The van der Waals surface area contributed by atoms with Gasteiger partial charge in [-0.25, -0.2) is 0 Å². The number of aromatic nitrogens is 3. The van der Waals surface area contributed by atoms with Crippen LogP contribution in [0.25, 0.3) is 0 Å². The molecule has 32 heavy (non-hydrogen) atoms. The summed E-state index contributed by atoms with van der Waals surface area (Å²) in [6.45, 7) is 5.25. The lowest BCUT2D eigenvalue weighted by Gasteiger charge is -2.14. The summed E-state index contributed by atoms with van der Waals surface area (Å²) in [4.78, 5) is 12.4. The minimum absolute atomic E-state index is 0.0354. The number of benzene rings is 2. The number of hydrogen-bond donors (Lipinski definition) is 1. The Morgan fingerprint density at radius 1 is 1.19 bits per heavy atom. The fourth-order valence-electron chi connectivity index (χ4n) is 3.17. The smallest absolute Gasteiger partial charge is 0.230 e. The molecule has 9 heteroatoms. The van der Waals surface area contributed by atoms with Crippen LogP contribution < -0.4 is 10.1 Å². The summed E-state index contributed by atoms with van der Waals surface area (Å²) in [5.74, 6) is 1.73. The van der Waals surface area contributed by atoms with E-state index in [1.54, 1.807) is 18.2 Å². The van der Waals surface area contributed by atoms with Gasteiger partial charge >= 0.3 is 0 Å². The topological polar surface area (TPSA) is 69.0 Å². The number of aryl methyl sites for hydroxylation is 1. The number of amides is 1. The van der Waals surface area contributed by atoms with Crippen molar-refractivity contribution < 1.29 is 9.53 Å². The Morgan fingerprint density at radius 3 is 2.69 bits per heavy atom. The maximum atomic E-state index is 12.4. The Kier molecular flexibility index (Phi) is 9.26. The first-order valence-corrected chi connectivity index (χ1v) is 12.2. The van der Waals surface area contributed by atoms with Crippen molar-refractivity contribution in [2.24, 2.45) is 0 Å². The lowest BCUT2D eigenvalue weighted by Crippen LogP contribution is -2.28. The van der Waals surface area contributed by atoms with Crippen LogP contribution in [0.2, 0.25) is 10.0 Å². The van der Waals surface area contributed by atoms with E-state index in [0.29, 0.717) is 28.8 Å². The zero-order valence-corrected chi connectivity index (χ0v) is 20.4. The van der Waals surface area contributed by atoms with E-state index < -0.39 is 0 Å². The standard InChI is InChI=1S/C23H26Cl2N4O2S/c1-3-29-21(10-7-13-31-20-12-11-18(24)14-19(20)25)27-28-23(29)32-15-22(30)26-16(2)17-8-5-4-6-9-17/h4-6,8-9,11-12,14,16H,3,7,10,13,15H2,1-2H3,(H,26,30)/t16-/m0/s1. The third-order valence-electron chi connectivity index (χ3n) is 4.82. The number of halogens is 2. The third kappa shape index (κ3) is 6.89. The molecule has 170 valence electrons. The van der Waals surface area contributed by atoms with E-state index in [4.69, 9.17) is 27.9 Å². The van der Waals surface area contributed by atoms with Crippen LogP contribution in [0.15, 0.2) is 53.7 Å². The summed E-state index contributed by atoms with van der Waals surface area (Å²) in [7, 11) is 0. The second-order valence-corrected chi connectivity index (χ2v) is 8.94. The largest absolute Gasteiger partial charge is 0.492 e. The van der Waals surface area contributed by atoms with Crippen LogP contribution in [0.5, 0.6) is 5.75 Å². The maximum Gasteiger partial charge on any atom is 0.230 e. The van der Waals surface area contributed by atoms with Gasteiger partial charge in [0.1, 0.15) is 11.6 Å². The number of hydrogen-bond acceptors (Lipinski definition) is 5. The molecule has 0 aliphatic rings. The number of nitrogens with one attached hydrogen (secondary N) is 1. The minimum Gasteiger partial charge on any atom is -0.492 e. The summed E-state index contributed by atoms with van der Waals surface area (Å²) in [5, 5.41) is 13.4. The summed E-state index contributed by atoms with van der Waals surface area (Å²) in [5.41, 5.74) is 1.08. The summed E-state index contributed by atoms with van der Waals surface area (Å²) >= 11 is 13.4. The van der Waals surface area contributed by atoms with Gasteiger partial charge in [0, 0.05) is 18.0 Å². The van der Waals surface area contributed by atoms with Gasteiger partial charge in [0.25, 0.3) is 0 Å². The Balaban J connectivity index is 1.47. The van der Waals surface area contributed by atoms with Crippen LogP contribution in [0.3, 0.4) is 0 Å². The molecule has 1 atom stereocenters. The van der Waals surface area contributed by atoms with Gasteiger partial charge in [0.05, 0.1) is 23.4 Å². The number of carbonyl (C=O) groups is 1. The van der Waals surface area contributed by atoms with Crippen molar-refractivity contribution in [3.8, 4) is 5.75 Å². The Hall–Kier alpha value is -2.22. The van der Waals surface area contributed by atoms with Crippen molar-refractivity contribution in [3.05, 3.63) is 70.0 Å². The second-order valence-electron chi connectivity index (χ2n) is 7.16. The predicted octanol–water partition coefficient (Wildman–Crippen LogP) is 5.59. The quantitative estimate of drug-likeness (QED) is 0.279. The van der Waals surface area contributed by atoms with Crippen LogP contribution in [-0.2, 0) is 17.8 Å². The number of thioether (sulfide) groups is 1. The molecule has 3 aromatic rings. The molecule has 1 heterocycles. The van der Waals surface area contributed by atoms with Crippen LogP contribution in [0.4, 0.5) is 0 Å². The Bertz CT molecular complexity index is 1030. The molecule has 0 aliphatic carbocycles. The van der Waals surface area contributed by atoms with Crippen molar-refractivity contribution in [3.63, 3.8) is 0 Å². The molecular formula is C23H26Cl2N4O2S. The van der Waals surface area contributed by atoms with Gasteiger partial charge in [-0.1, -0.05) is 65.3 Å². The number of ether oxygens (including phenoxy) is 1. The fourth-order valence-corrected chi connectivity index (χ4v) is 4.47. The van der Waals surface area contributed by atoms with Gasteiger partial charge in [-0.2, -0.15) is 0 Å². The van der Waals surface area contributed by atoms with Crippen LogP contribution in [0.1, 0.15) is 37.7 Å². The van der Waals surface area contributed by atoms with Gasteiger partial charge in [-0.15, -0.1) is 10.2 Å². The SMILES string of the molecule is CCn1c(CCCOc2ccc(Cl)cc2Cl)nnc1SCC(=O)N[C@@H](C)c1ccccc1. The highest BCUT2D eigenvalue weighted by atomic mass is 35.5. The molecule has 0 saturated carbocycles. The molecule has 6 nitrogen and oxygen atoms in total. The molecule has 1 amide bonds. The molecule has 0 spiro atoms. The van der Waals surface area contributed by atoms with E-state index >= 15 is 0 Å². The van der Waals surface area contributed by atoms with E-state index in [9.17, 15) is 4.79 Å². The summed E-state index contributed by atoms with van der Waals surface area (Å²) < 4.78 is 7.78. The van der Waals surface area contributed by atoms with E-state index in [0.717, 1.165) is 29.5 Å². The van der Waals surface area contributed by atoms with Crippen LogP contribution >= 0.6 is 35.0 Å². The molecule has 2 aromatic carbocycles. The highest BCUT2D eigenvalue weighted by molar-refractivity contribution is 7.99. The normalized spacial score (nSPS) is 11.9. The molecule has 0 bridgehead atoms. The number of carbonyl (C=O) groups excluding carboxylic acids is 1. The fraction of sp³-hybridized carbons (Fsp3) is 0.348. The van der Waals surface area contributed by atoms with Crippen molar-refractivity contribution in [2.75, 3.05) is 12.4 Å². The predicted molar refractivity (Wildman–Crippen MR) is 130 cm³/mol. The highest BCUT2D eigenvalue weighted by Gasteiger charge is 2.15. The Morgan fingerprint density at radius 2 is 1.97 bits per heavy atom. The van der Waals surface area contributed by atoms with E-state index in [-0.39, 0.29) is 17.7 Å². The average Bonchev–Trinajstić information content (AvgIpc) is 3.18. The molecule has 0 saturated heterocycles. The van der Waals surface area contributed by atoms with Gasteiger partial charge < -0.3 is 14.6 Å². The second kappa shape index (κ2) is 12.1. The van der Waals surface area contributed by atoms with Crippen molar-refractivity contribution in [2.45, 2.75) is 44.4 Å². The zero-order chi connectivity index (χ0) is 22.9. The first-order valence-electron chi connectivity index (χ1n) is 10.4. The molecule has 3 rings (SSSR count). The summed E-state index contributed by atoms with van der Waals surface area (Å²) in [6.07, 6.45) is 1.47. The van der Waals surface area contributed by atoms with E-state index in [2.05, 4.69) is 15.5 Å². The van der Waals surface area contributed by atoms with Gasteiger partial charge in [0.2, 0.25) is 5.91 Å². The first-order chi connectivity index (χ1) is 15.5. The molecule has 1 aromatic heterocycles. The van der Waals surface area contributed by atoms with Gasteiger partial charge in [-0.3, -0.25) is 4.79 Å². The molecular weight excluding hydrogens is 467 g/mol. The third-order valence-corrected chi connectivity index (χ3v) is 6.31. The molecule has 0 unspecified atom stereocenters. The van der Waals surface area contributed by atoms with Crippen molar-refractivity contribution in [1.82, 2.24) is 20.1 Å². The van der Waals surface area contributed by atoms with Gasteiger partial charge in [-0.05, 0) is 44.0 Å². The minimum atomic E-state index is -0.0435. The maximum absolute atomic E-state index is 12.4. The average molecular weight is 493 g/mol. The molecule has 0 fully saturated rings. The summed E-state index contributed by atoms with van der Waals surface area (Å²) in [6, 6.07) is 15.0. The van der Waals surface area contributed by atoms with E-state index in [1.165, 1.54) is 11.8 Å². The lowest BCUT2D eigenvalue weighted by atomic mass is 10.1. The van der Waals surface area contributed by atoms with Gasteiger partial charge in [0.15, 0.2) is 5.16 Å². The van der Waals surface area contributed by atoms with Crippen LogP contribution in [-0.4, -0.2) is 33.0 Å². The monoisotopic (exact) mass is 492 g/mol. The Labute approximate surface area is 202 Å². The zero-order valence-electron chi connectivity index (χ0n) is 18.1. The highest BCUT2D eigenvalue weighted by Crippen LogP contribution is 2.27. The number of nitrogens with zero attached hydrogens (tertiary/aromatic N) is 3. The molecule has 0 aliphatic heterocycles. The molecule has 0 radical (unpaired) electrons.